The van der Waals surface area contributed by atoms with Gasteiger partial charge in [0, 0.05) is 33.7 Å². The third kappa shape index (κ3) is 11.0. The lowest BCUT2D eigenvalue weighted by atomic mass is 10.1. The molecule has 0 rings (SSSR count). The Bertz CT molecular complexity index is 260. The van der Waals surface area contributed by atoms with E-state index in [1.54, 1.807) is 14.1 Å². The molecule has 0 heterocycles. The minimum Gasteiger partial charge on any atom is -0.389 e. The van der Waals surface area contributed by atoms with Gasteiger partial charge in [0.25, 0.3) is 0 Å². The van der Waals surface area contributed by atoms with Crippen LogP contribution < -0.4 is 10.6 Å². The summed E-state index contributed by atoms with van der Waals surface area (Å²) in [5, 5.41) is 15.6. The molecule has 6 nitrogen and oxygen atoms in total. The molecule has 2 unspecified atom stereocenters. The highest BCUT2D eigenvalue weighted by atomic mass is 16.5. The van der Waals surface area contributed by atoms with Gasteiger partial charge in [0.05, 0.1) is 18.8 Å². The van der Waals surface area contributed by atoms with E-state index in [-0.39, 0.29) is 12.1 Å². The first-order chi connectivity index (χ1) is 9.32. The first-order valence-electron chi connectivity index (χ1n) is 7.28. The number of carbonyl (C=O) groups excluding carboxylic acids is 1. The summed E-state index contributed by atoms with van der Waals surface area (Å²) in [6.45, 7) is 8.29. The topological polar surface area (TPSA) is 73.8 Å². The van der Waals surface area contributed by atoms with Crippen LogP contribution >= 0.6 is 0 Å². The molecule has 0 spiro atoms. The SMILES string of the molecule is CC(C)CC(C)OCC(O)CNCCNC(=O)N(C)C. The average molecular weight is 289 g/mol. The molecule has 3 N–H and O–H groups in total. The molecule has 0 aromatic heterocycles. The molecule has 0 fully saturated rings. The second-order valence-corrected chi connectivity index (χ2v) is 5.76. The van der Waals surface area contributed by atoms with Crippen molar-refractivity contribution in [2.75, 3.05) is 40.3 Å². The number of nitrogens with one attached hydrogen (secondary N) is 2. The third-order valence-electron chi connectivity index (χ3n) is 2.74. The van der Waals surface area contributed by atoms with Crippen LogP contribution in [0.2, 0.25) is 0 Å². The molecule has 0 bridgehead atoms. The molecule has 0 radical (unpaired) electrons. The standard InChI is InChI=1S/C14H31N3O3/c1-11(2)8-12(3)20-10-13(18)9-15-6-7-16-14(19)17(4)5/h11-13,15,18H,6-10H2,1-5H3,(H,16,19). The van der Waals surface area contributed by atoms with E-state index in [0.29, 0.717) is 32.2 Å². The number of aliphatic hydroxyl groups excluding tert-OH is 1. The molecule has 2 atom stereocenters. The lowest BCUT2D eigenvalue weighted by molar-refractivity contribution is -0.00837. The molecule has 0 aliphatic rings. The van der Waals surface area contributed by atoms with E-state index >= 15 is 0 Å². The van der Waals surface area contributed by atoms with E-state index in [1.807, 2.05) is 6.92 Å². The van der Waals surface area contributed by atoms with Gasteiger partial charge in [-0.3, -0.25) is 0 Å². The molecule has 0 aliphatic heterocycles. The molecular formula is C14H31N3O3. The number of urea groups is 1. The number of amides is 2. The Kier molecular flexibility index (Phi) is 10.4. The van der Waals surface area contributed by atoms with E-state index in [2.05, 4.69) is 24.5 Å². The number of ether oxygens (including phenoxy) is 1. The Morgan fingerprint density at radius 1 is 1.25 bits per heavy atom. The van der Waals surface area contributed by atoms with Crippen LogP contribution in [0.15, 0.2) is 0 Å². The van der Waals surface area contributed by atoms with Gasteiger partial charge in [0.1, 0.15) is 0 Å². The van der Waals surface area contributed by atoms with Gasteiger partial charge < -0.3 is 25.4 Å². The van der Waals surface area contributed by atoms with Crippen LogP contribution in [0.25, 0.3) is 0 Å². The van der Waals surface area contributed by atoms with Crippen molar-refractivity contribution in [3.05, 3.63) is 0 Å². The molecule has 2 amide bonds. The van der Waals surface area contributed by atoms with Crippen molar-refractivity contribution in [2.45, 2.75) is 39.4 Å². The van der Waals surface area contributed by atoms with Gasteiger partial charge in [-0.05, 0) is 19.3 Å². The quantitative estimate of drug-likeness (QED) is 0.517. The number of rotatable bonds is 10. The fourth-order valence-electron chi connectivity index (χ4n) is 1.75. The van der Waals surface area contributed by atoms with E-state index in [4.69, 9.17) is 4.74 Å². The maximum Gasteiger partial charge on any atom is 0.316 e. The Morgan fingerprint density at radius 2 is 1.90 bits per heavy atom. The molecule has 6 heteroatoms. The molecular weight excluding hydrogens is 258 g/mol. The third-order valence-corrected chi connectivity index (χ3v) is 2.74. The highest BCUT2D eigenvalue weighted by Crippen LogP contribution is 2.07. The highest BCUT2D eigenvalue weighted by Gasteiger charge is 2.09. The van der Waals surface area contributed by atoms with Crippen molar-refractivity contribution in [2.24, 2.45) is 5.92 Å². The van der Waals surface area contributed by atoms with E-state index in [1.165, 1.54) is 4.90 Å². The molecule has 0 saturated heterocycles. The van der Waals surface area contributed by atoms with Crippen molar-refractivity contribution in [1.29, 1.82) is 0 Å². The average Bonchev–Trinajstić information content (AvgIpc) is 2.34. The zero-order valence-corrected chi connectivity index (χ0v) is 13.5. The van der Waals surface area contributed by atoms with Gasteiger partial charge in [-0.2, -0.15) is 0 Å². The van der Waals surface area contributed by atoms with Crippen molar-refractivity contribution >= 4 is 6.03 Å². The molecule has 120 valence electrons. The summed E-state index contributed by atoms with van der Waals surface area (Å²) in [7, 11) is 3.39. The van der Waals surface area contributed by atoms with E-state index in [9.17, 15) is 9.90 Å². The summed E-state index contributed by atoms with van der Waals surface area (Å²) < 4.78 is 5.57. The zero-order valence-electron chi connectivity index (χ0n) is 13.5. The van der Waals surface area contributed by atoms with Gasteiger partial charge in [-0.25, -0.2) is 4.79 Å². The van der Waals surface area contributed by atoms with Crippen LogP contribution in [0.1, 0.15) is 27.2 Å². The second kappa shape index (κ2) is 10.9. The predicted octanol–water partition coefficient (Wildman–Crippen LogP) is 0.659. The summed E-state index contributed by atoms with van der Waals surface area (Å²) in [4.78, 5) is 12.7. The van der Waals surface area contributed by atoms with Crippen LogP contribution in [-0.4, -0.2) is 68.6 Å². The van der Waals surface area contributed by atoms with E-state index in [0.717, 1.165) is 6.42 Å². The largest absolute Gasteiger partial charge is 0.389 e. The normalized spacial score (nSPS) is 14.2. The highest BCUT2D eigenvalue weighted by molar-refractivity contribution is 5.73. The summed E-state index contributed by atoms with van der Waals surface area (Å²) in [5.74, 6) is 0.598. The maximum atomic E-state index is 11.2. The molecule has 0 saturated carbocycles. The molecule has 0 aliphatic carbocycles. The van der Waals surface area contributed by atoms with Gasteiger partial charge in [-0.1, -0.05) is 13.8 Å². The van der Waals surface area contributed by atoms with Gasteiger partial charge in [0.15, 0.2) is 0 Å². The van der Waals surface area contributed by atoms with Crippen LogP contribution in [0.3, 0.4) is 0 Å². The smallest absolute Gasteiger partial charge is 0.316 e. The molecule has 20 heavy (non-hydrogen) atoms. The van der Waals surface area contributed by atoms with Gasteiger partial charge in [-0.15, -0.1) is 0 Å². The summed E-state index contributed by atoms with van der Waals surface area (Å²) >= 11 is 0. The first-order valence-corrected chi connectivity index (χ1v) is 7.28. The maximum absolute atomic E-state index is 11.2. The second-order valence-electron chi connectivity index (χ2n) is 5.76. The fourth-order valence-corrected chi connectivity index (χ4v) is 1.75. The van der Waals surface area contributed by atoms with Crippen LogP contribution in [0.5, 0.6) is 0 Å². The van der Waals surface area contributed by atoms with Gasteiger partial charge in [0.2, 0.25) is 0 Å². The predicted molar refractivity (Wildman–Crippen MR) is 80.8 cm³/mol. The number of aliphatic hydroxyl groups is 1. The Morgan fingerprint density at radius 3 is 2.45 bits per heavy atom. The molecule has 0 aromatic carbocycles. The number of hydrogen-bond acceptors (Lipinski definition) is 4. The van der Waals surface area contributed by atoms with Gasteiger partial charge >= 0.3 is 6.03 Å². The lowest BCUT2D eigenvalue weighted by Crippen LogP contribution is -2.40. The van der Waals surface area contributed by atoms with Crippen LogP contribution in [0, 0.1) is 5.92 Å². The minimum atomic E-state index is -0.519. The molecule has 0 aromatic rings. The van der Waals surface area contributed by atoms with E-state index < -0.39 is 6.10 Å². The number of nitrogens with zero attached hydrogens (tertiary/aromatic N) is 1. The van der Waals surface area contributed by atoms with Crippen LogP contribution in [-0.2, 0) is 4.74 Å². The van der Waals surface area contributed by atoms with Crippen molar-refractivity contribution in [1.82, 2.24) is 15.5 Å². The Labute approximate surface area is 122 Å². The Balaban J connectivity index is 3.49. The van der Waals surface area contributed by atoms with Crippen molar-refractivity contribution in [3.8, 4) is 0 Å². The number of carbonyl (C=O) groups is 1. The monoisotopic (exact) mass is 289 g/mol. The zero-order chi connectivity index (χ0) is 15.5. The summed E-state index contributed by atoms with van der Waals surface area (Å²) in [6, 6.07) is -0.113. The first kappa shape index (κ1) is 19.1. The van der Waals surface area contributed by atoms with Crippen LogP contribution in [0.4, 0.5) is 4.79 Å². The van der Waals surface area contributed by atoms with Crippen molar-refractivity contribution in [3.63, 3.8) is 0 Å². The fraction of sp³-hybridized carbons (Fsp3) is 0.929. The lowest BCUT2D eigenvalue weighted by Gasteiger charge is -2.18. The number of hydrogen-bond donors (Lipinski definition) is 3. The summed E-state index contributed by atoms with van der Waals surface area (Å²) in [5.41, 5.74) is 0. The minimum absolute atomic E-state index is 0.113. The van der Waals surface area contributed by atoms with Crippen molar-refractivity contribution < 1.29 is 14.6 Å². The summed E-state index contributed by atoms with van der Waals surface area (Å²) in [6.07, 6.45) is 0.648. The Hall–Kier alpha value is -0.850.